The van der Waals surface area contributed by atoms with Gasteiger partial charge >= 0.3 is 0 Å². The molecule has 0 aliphatic heterocycles. The molecule has 186 valence electrons. The topological polar surface area (TPSA) is 83.5 Å². The molecule has 0 heterocycles. The summed E-state index contributed by atoms with van der Waals surface area (Å²) in [6.07, 6.45) is 20.7. The molecule has 7 heteroatoms. The highest BCUT2D eigenvalue weighted by atomic mass is 79.9. The third-order valence-corrected chi connectivity index (χ3v) is 7.18. The van der Waals surface area contributed by atoms with Crippen LogP contribution in [0.1, 0.15) is 90.4 Å². The number of allylic oxidation sites excluding steroid dienone is 3. The van der Waals surface area contributed by atoms with Crippen molar-refractivity contribution in [3.63, 3.8) is 0 Å². The molecule has 0 saturated heterocycles. The summed E-state index contributed by atoms with van der Waals surface area (Å²) < 4.78 is 27.3. The number of rotatable bonds is 18. The maximum Gasteiger partial charge on any atom is 0.264 e. The fraction of sp³-hybridized carbons (Fsp3) is 0.577. The van der Waals surface area contributed by atoms with Crippen LogP contribution in [0.25, 0.3) is 0 Å². The van der Waals surface area contributed by atoms with Crippen LogP contribution in [0.2, 0.25) is 0 Å². The van der Waals surface area contributed by atoms with Crippen LogP contribution in [-0.4, -0.2) is 25.5 Å². The Balaban J connectivity index is 2.01. The number of aliphatic hydroxyl groups is 1. The Morgan fingerprint density at radius 3 is 2.15 bits per heavy atom. The van der Waals surface area contributed by atoms with Crippen LogP contribution < -0.4 is 4.72 Å². The summed E-state index contributed by atoms with van der Waals surface area (Å²) in [4.78, 5) is 12.0. The van der Waals surface area contributed by atoms with Gasteiger partial charge in [-0.1, -0.05) is 79.3 Å². The maximum atomic E-state index is 12.2. The second-order valence-corrected chi connectivity index (χ2v) is 10.9. The molecular formula is C26H40BrNO4S. The van der Waals surface area contributed by atoms with E-state index in [0.717, 1.165) is 49.4 Å². The van der Waals surface area contributed by atoms with Crippen molar-refractivity contribution in [2.45, 2.75) is 101 Å². The van der Waals surface area contributed by atoms with E-state index < -0.39 is 15.9 Å². The smallest absolute Gasteiger partial charge is 0.264 e. The number of amides is 1. The van der Waals surface area contributed by atoms with Crippen molar-refractivity contribution < 1.29 is 18.3 Å². The summed E-state index contributed by atoms with van der Waals surface area (Å²) in [5.74, 6) is -0.475. The lowest BCUT2D eigenvalue weighted by molar-refractivity contribution is -0.119. The molecule has 1 atom stereocenters. The Hall–Kier alpha value is -1.44. The van der Waals surface area contributed by atoms with Gasteiger partial charge < -0.3 is 5.11 Å². The number of unbranched alkanes of at least 4 members (excludes halogenated alkanes) is 8. The Kier molecular flexibility index (Phi) is 16.1. The largest absolute Gasteiger partial charge is 0.389 e. The summed E-state index contributed by atoms with van der Waals surface area (Å²) >= 11 is 3.26. The molecule has 1 aromatic carbocycles. The van der Waals surface area contributed by atoms with Crippen molar-refractivity contribution in [1.82, 2.24) is 4.72 Å². The molecule has 5 nitrogen and oxygen atoms in total. The molecule has 0 aliphatic carbocycles. The molecule has 1 rings (SSSR count). The summed E-state index contributed by atoms with van der Waals surface area (Å²) in [6, 6.07) is 6.17. The quantitative estimate of drug-likeness (QED) is 0.158. The van der Waals surface area contributed by atoms with E-state index in [1.54, 1.807) is 12.1 Å². The highest BCUT2D eigenvalue weighted by molar-refractivity contribution is 9.10. The van der Waals surface area contributed by atoms with Crippen LogP contribution in [0.15, 0.2) is 57.9 Å². The van der Waals surface area contributed by atoms with E-state index in [4.69, 9.17) is 0 Å². The third-order valence-electron chi connectivity index (χ3n) is 5.27. The van der Waals surface area contributed by atoms with E-state index in [0.29, 0.717) is 6.42 Å². The highest BCUT2D eigenvalue weighted by Crippen LogP contribution is 2.15. The van der Waals surface area contributed by atoms with Crippen LogP contribution in [0, 0.1) is 0 Å². The van der Waals surface area contributed by atoms with Gasteiger partial charge in [-0.3, -0.25) is 4.79 Å². The average molecular weight is 543 g/mol. The van der Waals surface area contributed by atoms with Gasteiger partial charge in [0.1, 0.15) is 0 Å². The first-order valence-corrected chi connectivity index (χ1v) is 14.4. The molecule has 2 N–H and O–H groups in total. The molecule has 0 radical (unpaired) electrons. The van der Waals surface area contributed by atoms with Gasteiger partial charge in [-0.15, -0.1) is 0 Å². The number of carbonyl (C=O) groups is 1. The first-order valence-electron chi connectivity index (χ1n) is 12.2. The minimum atomic E-state index is -3.80. The minimum Gasteiger partial charge on any atom is -0.389 e. The van der Waals surface area contributed by atoms with Gasteiger partial charge in [-0.2, -0.15) is 0 Å². The molecule has 0 unspecified atom stereocenters. The molecule has 0 fully saturated rings. The van der Waals surface area contributed by atoms with Gasteiger partial charge in [-0.05, 0) is 69.2 Å². The number of halogens is 1. The van der Waals surface area contributed by atoms with Crippen molar-refractivity contribution >= 4 is 31.9 Å². The number of nitrogens with one attached hydrogen (secondary N) is 1. The molecule has 1 aromatic rings. The number of carbonyl (C=O) groups excluding carboxylic acids is 1. The van der Waals surface area contributed by atoms with E-state index in [2.05, 4.69) is 45.8 Å². The van der Waals surface area contributed by atoms with Gasteiger partial charge in [0.15, 0.2) is 0 Å². The third kappa shape index (κ3) is 15.2. The van der Waals surface area contributed by atoms with E-state index in [9.17, 15) is 18.3 Å². The van der Waals surface area contributed by atoms with E-state index in [1.165, 1.54) is 37.8 Å². The molecular weight excluding hydrogens is 502 g/mol. The molecule has 0 aliphatic rings. The first kappa shape index (κ1) is 29.6. The maximum absolute atomic E-state index is 12.2. The van der Waals surface area contributed by atoms with E-state index >= 15 is 0 Å². The van der Waals surface area contributed by atoms with Gasteiger partial charge in [0.2, 0.25) is 5.91 Å². The molecule has 0 bridgehead atoms. The first-order chi connectivity index (χ1) is 15.8. The molecule has 33 heavy (non-hydrogen) atoms. The summed E-state index contributed by atoms with van der Waals surface area (Å²) in [5.41, 5.74) is 0. The lowest BCUT2D eigenvalue weighted by atomic mass is 10.1. The summed E-state index contributed by atoms with van der Waals surface area (Å²) in [7, 11) is -3.80. The Morgan fingerprint density at radius 2 is 1.52 bits per heavy atom. The van der Waals surface area contributed by atoms with Crippen LogP contribution in [-0.2, 0) is 14.8 Å². The number of hydrogen-bond donors (Lipinski definition) is 2. The Morgan fingerprint density at radius 1 is 0.939 bits per heavy atom. The SMILES string of the molecule is CCCC[C@@H](O)/C=C\CCCCCCC/C=C\CCCC(=O)NS(=O)(=O)c1ccc(Br)cc1. The van der Waals surface area contributed by atoms with Gasteiger partial charge in [-0.25, -0.2) is 13.1 Å². The Bertz CT molecular complexity index is 819. The lowest BCUT2D eigenvalue weighted by Crippen LogP contribution is -2.30. The summed E-state index contributed by atoms with van der Waals surface area (Å²) in [6.45, 7) is 2.14. The van der Waals surface area contributed by atoms with Crippen LogP contribution in [0.3, 0.4) is 0 Å². The standard InChI is InChI=1S/C26H40BrNO4S/c1-2-3-16-24(29)17-14-12-10-8-6-4-5-7-9-11-13-15-18-26(30)28-33(31,32)25-21-19-23(27)20-22-25/h9,11,14,17,19-22,24,29H,2-8,10,12-13,15-16,18H2,1H3,(H,28,30)/b11-9-,17-14-/t24-/m1/s1. The molecule has 1 amide bonds. The second kappa shape index (κ2) is 18.0. The van der Waals surface area contributed by atoms with Crippen molar-refractivity contribution in [2.75, 3.05) is 0 Å². The van der Waals surface area contributed by atoms with Gasteiger partial charge in [0, 0.05) is 10.9 Å². The average Bonchev–Trinajstić information content (AvgIpc) is 2.77. The predicted molar refractivity (Wildman–Crippen MR) is 139 cm³/mol. The van der Waals surface area contributed by atoms with Crippen LogP contribution in [0.5, 0.6) is 0 Å². The zero-order chi connectivity index (χ0) is 24.4. The van der Waals surface area contributed by atoms with Crippen LogP contribution in [0.4, 0.5) is 0 Å². The van der Waals surface area contributed by atoms with Crippen molar-refractivity contribution in [1.29, 1.82) is 0 Å². The zero-order valence-corrected chi connectivity index (χ0v) is 22.2. The number of aliphatic hydroxyl groups excluding tert-OH is 1. The molecule has 0 spiro atoms. The van der Waals surface area contributed by atoms with Gasteiger partial charge in [0.25, 0.3) is 10.0 Å². The fourth-order valence-corrected chi connectivity index (χ4v) is 4.59. The zero-order valence-electron chi connectivity index (χ0n) is 19.8. The van der Waals surface area contributed by atoms with E-state index in [1.807, 2.05) is 6.08 Å². The van der Waals surface area contributed by atoms with E-state index in [-0.39, 0.29) is 17.4 Å². The fourth-order valence-electron chi connectivity index (χ4n) is 3.31. The number of hydrogen-bond acceptors (Lipinski definition) is 4. The number of benzene rings is 1. The van der Waals surface area contributed by atoms with Crippen molar-refractivity contribution in [3.8, 4) is 0 Å². The minimum absolute atomic E-state index is 0.0802. The molecule has 0 saturated carbocycles. The van der Waals surface area contributed by atoms with Crippen LogP contribution >= 0.6 is 15.9 Å². The van der Waals surface area contributed by atoms with Crippen molar-refractivity contribution in [2.24, 2.45) is 0 Å². The molecule has 0 aromatic heterocycles. The number of sulfonamides is 1. The predicted octanol–water partition coefficient (Wildman–Crippen LogP) is 6.82. The van der Waals surface area contributed by atoms with Gasteiger partial charge in [0.05, 0.1) is 11.0 Å². The monoisotopic (exact) mass is 541 g/mol. The normalized spacial score (nSPS) is 13.1. The Labute approximate surface area is 208 Å². The van der Waals surface area contributed by atoms with Crippen molar-refractivity contribution in [3.05, 3.63) is 53.0 Å². The second-order valence-electron chi connectivity index (χ2n) is 8.33. The highest BCUT2D eigenvalue weighted by Gasteiger charge is 2.16. The summed E-state index contributed by atoms with van der Waals surface area (Å²) in [5, 5.41) is 9.74. The lowest BCUT2D eigenvalue weighted by Gasteiger charge is -2.06.